The van der Waals surface area contributed by atoms with Gasteiger partial charge >= 0.3 is 0 Å². The number of nitrogens with zero attached hydrogens (tertiary/aromatic N) is 2. The van der Waals surface area contributed by atoms with Gasteiger partial charge in [-0.25, -0.2) is 8.42 Å². The fraction of sp³-hybridized carbons (Fsp3) is 0.440. The lowest BCUT2D eigenvalue weighted by molar-refractivity contribution is -0.140. The Balaban J connectivity index is 1.95. The highest BCUT2D eigenvalue weighted by Crippen LogP contribution is 2.26. The predicted octanol–water partition coefficient (Wildman–Crippen LogP) is 5.39. The highest BCUT2D eigenvalue weighted by atomic mass is 79.9. The summed E-state index contributed by atoms with van der Waals surface area (Å²) in [6, 6.07) is 10.9. The second-order valence-corrected chi connectivity index (χ2v) is 12.6. The Labute approximate surface area is 231 Å². The van der Waals surface area contributed by atoms with Crippen LogP contribution in [0.25, 0.3) is 0 Å². The molecule has 196 valence electrons. The minimum atomic E-state index is -3.80. The molecule has 1 saturated carbocycles. The minimum absolute atomic E-state index is 0.0293. The minimum Gasteiger partial charge on any atom is -0.352 e. The van der Waals surface area contributed by atoms with E-state index in [4.69, 9.17) is 23.2 Å². The molecule has 0 bridgehead atoms. The van der Waals surface area contributed by atoms with Gasteiger partial charge in [0.2, 0.25) is 21.8 Å². The molecule has 1 aliphatic rings. The van der Waals surface area contributed by atoms with Crippen molar-refractivity contribution in [2.75, 3.05) is 17.1 Å². The summed E-state index contributed by atoms with van der Waals surface area (Å²) in [5.41, 5.74) is 0.947. The Morgan fingerprint density at radius 3 is 2.42 bits per heavy atom. The first kappa shape index (κ1) is 28.8. The summed E-state index contributed by atoms with van der Waals surface area (Å²) in [5, 5.41) is 3.88. The average Bonchev–Trinajstić information content (AvgIpc) is 3.30. The molecular weight excluding hydrogens is 589 g/mol. The monoisotopic (exact) mass is 617 g/mol. The predicted molar refractivity (Wildman–Crippen MR) is 148 cm³/mol. The molecule has 11 heteroatoms. The van der Waals surface area contributed by atoms with Gasteiger partial charge in [0.25, 0.3) is 0 Å². The van der Waals surface area contributed by atoms with E-state index in [-0.39, 0.29) is 18.5 Å². The zero-order valence-electron chi connectivity index (χ0n) is 20.2. The number of sulfonamides is 1. The van der Waals surface area contributed by atoms with E-state index in [1.807, 2.05) is 6.92 Å². The number of halogens is 3. The van der Waals surface area contributed by atoms with Crippen LogP contribution in [0.15, 0.2) is 46.9 Å². The maximum absolute atomic E-state index is 13.7. The number of anilines is 1. The molecule has 1 atom stereocenters. The molecule has 2 aromatic rings. The van der Waals surface area contributed by atoms with Gasteiger partial charge in [0.05, 0.1) is 11.9 Å². The molecule has 7 nitrogen and oxygen atoms in total. The number of amides is 2. The Kier molecular flexibility index (Phi) is 10.1. The number of nitrogens with one attached hydrogen (secondary N) is 1. The first-order valence-corrected chi connectivity index (χ1v) is 15.2. The van der Waals surface area contributed by atoms with Crippen LogP contribution >= 0.6 is 39.1 Å². The first-order chi connectivity index (χ1) is 17.0. The van der Waals surface area contributed by atoms with Crippen LogP contribution in [-0.2, 0) is 26.2 Å². The van der Waals surface area contributed by atoms with Crippen molar-refractivity contribution in [2.45, 2.75) is 57.7 Å². The van der Waals surface area contributed by atoms with Crippen molar-refractivity contribution < 1.29 is 18.0 Å². The van der Waals surface area contributed by atoms with Crippen molar-refractivity contribution in [3.05, 3.63) is 62.5 Å². The second-order valence-electron chi connectivity index (χ2n) is 8.92. The summed E-state index contributed by atoms with van der Waals surface area (Å²) in [4.78, 5) is 28.5. The molecule has 1 aliphatic carbocycles. The van der Waals surface area contributed by atoms with Crippen LogP contribution in [0.5, 0.6) is 0 Å². The van der Waals surface area contributed by atoms with Crippen LogP contribution < -0.4 is 9.62 Å². The lowest BCUT2D eigenvalue weighted by atomic mass is 10.1. The molecule has 0 spiro atoms. The standard InChI is InChI=1S/C25H30BrCl2N3O4S/c1-3-23(25(33)29-20-8-4-5-9-20)30(15-17-11-12-19(27)14-22(17)28)24(32)16-31(36(2,34)35)21-10-6-7-18(26)13-21/h6-7,10-14,20,23H,3-5,8-9,15-16H2,1-2H3,(H,29,33)/t23-/m1/s1. The van der Waals surface area contributed by atoms with Gasteiger partial charge in [-0.3, -0.25) is 13.9 Å². The van der Waals surface area contributed by atoms with Gasteiger partial charge in [-0.05, 0) is 55.2 Å². The molecule has 2 aromatic carbocycles. The maximum Gasteiger partial charge on any atom is 0.244 e. The van der Waals surface area contributed by atoms with Crippen LogP contribution in [0.4, 0.5) is 5.69 Å². The third-order valence-electron chi connectivity index (χ3n) is 6.22. The van der Waals surface area contributed by atoms with E-state index in [2.05, 4.69) is 21.2 Å². The zero-order chi connectivity index (χ0) is 26.5. The zero-order valence-corrected chi connectivity index (χ0v) is 24.1. The number of carbonyl (C=O) groups excluding carboxylic acids is 2. The molecule has 0 saturated heterocycles. The van der Waals surface area contributed by atoms with Crippen LogP contribution in [0.2, 0.25) is 10.0 Å². The van der Waals surface area contributed by atoms with Crippen molar-refractivity contribution in [1.29, 1.82) is 0 Å². The topological polar surface area (TPSA) is 86.8 Å². The average molecular weight is 619 g/mol. The van der Waals surface area contributed by atoms with Gasteiger partial charge in [-0.1, -0.05) is 71.0 Å². The number of carbonyl (C=O) groups is 2. The fourth-order valence-electron chi connectivity index (χ4n) is 4.37. The number of rotatable bonds is 10. The maximum atomic E-state index is 13.7. The van der Waals surface area contributed by atoms with Crippen molar-refractivity contribution in [3.63, 3.8) is 0 Å². The van der Waals surface area contributed by atoms with Crippen molar-refractivity contribution >= 4 is 66.7 Å². The van der Waals surface area contributed by atoms with Gasteiger partial charge < -0.3 is 10.2 Å². The number of hydrogen-bond acceptors (Lipinski definition) is 4. The molecule has 1 N–H and O–H groups in total. The third kappa shape index (κ3) is 7.60. The summed E-state index contributed by atoms with van der Waals surface area (Å²) in [6.45, 7) is 1.39. The molecule has 36 heavy (non-hydrogen) atoms. The Morgan fingerprint density at radius 1 is 1.14 bits per heavy atom. The van der Waals surface area contributed by atoms with Gasteiger partial charge in [0.1, 0.15) is 12.6 Å². The van der Waals surface area contributed by atoms with E-state index in [0.717, 1.165) is 36.2 Å². The lowest BCUT2D eigenvalue weighted by Crippen LogP contribution is -2.53. The van der Waals surface area contributed by atoms with E-state index >= 15 is 0 Å². The molecule has 1 fully saturated rings. The molecule has 0 unspecified atom stereocenters. The molecule has 3 rings (SSSR count). The smallest absolute Gasteiger partial charge is 0.244 e. The fourth-order valence-corrected chi connectivity index (χ4v) is 6.06. The number of hydrogen-bond donors (Lipinski definition) is 1. The van der Waals surface area contributed by atoms with Gasteiger partial charge in [0.15, 0.2) is 0 Å². The highest BCUT2D eigenvalue weighted by Gasteiger charge is 2.33. The molecule has 0 aromatic heterocycles. The van der Waals surface area contributed by atoms with Crippen LogP contribution in [-0.4, -0.2) is 50.0 Å². The van der Waals surface area contributed by atoms with Crippen LogP contribution in [0, 0.1) is 0 Å². The lowest BCUT2D eigenvalue weighted by Gasteiger charge is -2.33. The van der Waals surface area contributed by atoms with Gasteiger partial charge in [-0.2, -0.15) is 0 Å². The molecular formula is C25H30BrCl2N3O4S. The van der Waals surface area contributed by atoms with E-state index in [9.17, 15) is 18.0 Å². The summed E-state index contributed by atoms with van der Waals surface area (Å²) in [7, 11) is -3.80. The van der Waals surface area contributed by atoms with E-state index in [1.165, 1.54) is 4.90 Å². The summed E-state index contributed by atoms with van der Waals surface area (Å²) in [6.07, 6.45) is 5.33. The third-order valence-corrected chi connectivity index (χ3v) is 8.44. The Hall–Kier alpha value is -1.81. The Morgan fingerprint density at radius 2 is 1.83 bits per heavy atom. The summed E-state index contributed by atoms with van der Waals surface area (Å²) >= 11 is 15.8. The largest absolute Gasteiger partial charge is 0.352 e. The quantitative estimate of drug-likeness (QED) is 0.387. The van der Waals surface area contributed by atoms with Gasteiger partial charge in [-0.15, -0.1) is 0 Å². The molecule has 2 amide bonds. The first-order valence-electron chi connectivity index (χ1n) is 11.8. The van der Waals surface area contributed by atoms with E-state index in [0.29, 0.717) is 32.2 Å². The normalized spacial score (nSPS) is 14.9. The second kappa shape index (κ2) is 12.6. The van der Waals surface area contributed by atoms with Crippen molar-refractivity contribution in [1.82, 2.24) is 10.2 Å². The van der Waals surface area contributed by atoms with E-state index in [1.54, 1.807) is 42.5 Å². The molecule has 0 radical (unpaired) electrons. The van der Waals surface area contributed by atoms with Crippen molar-refractivity contribution in [2.24, 2.45) is 0 Å². The van der Waals surface area contributed by atoms with Crippen LogP contribution in [0.1, 0.15) is 44.6 Å². The highest BCUT2D eigenvalue weighted by molar-refractivity contribution is 9.10. The number of benzene rings is 2. The molecule has 0 aliphatic heterocycles. The van der Waals surface area contributed by atoms with Gasteiger partial charge in [0, 0.05) is 27.1 Å². The van der Waals surface area contributed by atoms with E-state index < -0.39 is 28.5 Å². The summed E-state index contributed by atoms with van der Waals surface area (Å²) in [5.74, 6) is -0.768. The van der Waals surface area contributed by atoms with Crippen LogP contribution in [0.3, 0.4) is 0 Å². The van der Waals surface area contributed by atoms with Crippen molar-refractivity contribution in [3.8, 4) is 0 Å². The summed E-state index contributed by atoms with van der Waals surface area (Å²) < 4.78 is 27.1. The SMILES string of the molecule is CC[C@H](C(=O)NC1CCCC1)N(Cc1ccc(Cl)cc1Cl)C(=O)CN(c1cccc(Br)c1)S(C)(=O)=O. The molecule has 0 heterocycles. The Bertz CT molecular complexity index is 1210.